The van der Waals surface area contributed by atoms with Crippen molar-refractivity contribution in [2.45, 2.75) is 138 Å². The summed E-state index contributed by atoms with van der Waals surface area (Å²) in [5.74, 6) is -6.13. The highest BCUT2D eigenvalue weighted by atomic mass is 16.6. The number of amides is 7. The molecule has 1 aliphatic rings. The van der Waals surface area contributed by atoms with Crippen molar-refractivity contribution >= 4 is 54.0 Å². The van der Waals surface area contributed by atoms with Gasteiger partial charge in [0.15, 0.2) is 6.10 Å². The fourth-order valence-corrected chi connectivity index (χ4v) is 7.86. The highest BCUT2D eigenvalue weighted by Crippen LogP contribution is 2.30. The predicted octanol–water partition coefficient (Wildman–Crippen LogP) is 4.04. The molecule has 0 radical (unpaired) electrons. The topological polar surface area (TPSA) is 230 Å². The van der Waals surface area contributed by atoms with Crippen molar-refractivity contribution in [3.63, 3.8) is 0 Å². The number of ether oxygens (including phenoxy) is 3. The van der Waals surface area contributed by atoms with Gasteiger partial charge in [-0.1, -0.05) is 83.5 Å². The number of carbonyl (C=O) groups is 9. The maximum absolute atomic E-state index is 14.3. The average molecular weight is 996 g/mol. The number of likely N-dealkylation sites (N-methyl/N-ethyl adjacent to an activating group) is 4. The minimum atomic E-state index is -1.29. The van der Waals surface area contributed by atoms with Crippen LogP contribution in [0.2, 0.25) is 0 Å². The quantitative estimate of drug-likeness (QED) is 0.104. The Morgan fingerprint density at radius 2 is 1.54 bits per heavy atom. The third-order valence-corrected chi connectivity index (χ3v) is 13.0. The molecule has 0 spiro atoms. The second kappa shape index (κ2) is 29.8. The van der Waals surface area contributed by atoms with E-state index in [2.05, 4.69) is 16.0 Å². The molecule has 71 heavy (non-hydrogen) atoms. The van der Waals surface area contributed by atoms with E-state index in [0.29, 0.717) is 24.9 Å². The summed E-state index contributed by atoms with van der Waals surface area (Å²) in [5, 5.41) is 8.15. The number of hydrogen-bond donors (Lipinski definition) is 3. The number of hydrogen-bond acceptors (Lipinski definition) is 12. The summed E-state index contributed by atoms with van der Waals surface area (Å²) < 4.78 is 17.6. The summed E-state index contributed by atoms with van der Waals surface area (Å²) in [6.45, 7) is 17.2. The summed E-state index contributed by atoms with van der Waals surface area (Å²) >= 11 is 0. The lowest BCUT2D eigenvalue weighted by Crippen LogP contribution is -2.57. The first-order valence-electron chi connectivity index (χ1n) is 24.6. The van der Waals surface area contributed by atoms with Crippen LogP contribution in [0.5, 0.6) is 0 Å². The number of nitrogens with one attached hydrogen (secondary N) is 3. The molecule has 2 rings (SSSR count). The van der Waals surface area contributed by atoms with Crippen molar-refractivity contribution < 1.29 is 57.4 Å². The molecule has 19 heteroatoms. The highest BCUT2D eigenvalue weighted by Gasteiger charge is 2.37. The Labute approximate surface area is 420 Å². The second-order valence-electron chi connectivity index (χ2n) is 19.3. The molecule has 7 amide bonds. The molecule has 1 aromatic carbocycles. The molecule has 1 aliphatic heterocycles. The maximum atomic E-state index is 14.3. The number of cyclic esters (lactones) is 2. The molecule has 19 nitrogen and oxygen atoms in total. The van der Waals surface area contributed by atoms with Gasteiger partial charge in [-0.15, -0.1) is 0 Å². The Kier molecular flexibility index (Phi) is 25.5. The number of carbonyl (C=O) groups excluding carboxylic acids is 9. The van der Waals surface area contributed by atoms with Gasteiger partial charge in [0.05, 0.1) is 13.2 Å². The van der Waals surface area contributed by atoms with Crippen LogP contribution in [-0.2, 0) is 59.0 Å². The minimum absolute atomic E-state index is 0.0521. The molecule has 0 aliphatic carbocycles. The van der Waals surface area contributed by atoms with E-state index in [1.807, 2.05) is 33.8 Å². The largest absolute Gasteiger partial charge is 0.456 e. The van der Waals surface area contributed by atoms with Gasteiger partial charge >= 0.3 is 18.0 Å². The van der Waals surface area contributed by atoms with Gasteiger partial charge in [-0.3, -0.25) is 28.8 Å². The first-order chi connectivity index (χ1) is 33.4. The van der Waals surface area contributed by atoms with Crippen LogP contribution in [0, 0.1) is 23.7 Å². The SMILES string of the molecule is C/C=C(\C)[C@H]1OC(=O)[C@@H](C)NC(=O)[C@H]([C@H](C)CC)NC(=O)CN(C)C(=O)[C@@H](Cc2ccccc2)N(C)C(=O)[C@H](C)NC(=O)[C@@H](CC(C)C)OC(=O)/C(C)=C/C[C@H](CCOC(=O)N(C)CCN(C)C=O)[C@@H]1C. The van der Waals surface area contributed by atoms with Crippen molar-refractivity contribution in [2.75, 3.05) is 54.4 Å². The van der Waals surface area contributed by atoms with Gasteiger partial charge in [0.25, 0.3) is 5.91 Å². The van der Waals surface area contributed by atoms with Gasteiger partial charge in [-0.2, -0.15) is 0 Å². The summed E-state index contributed by atoms with van der Waals surface area (Å²) in [7, 11) is 5.99. The van der Waals surface area contributed by atoms with Crippen molar-refractivity contribution in [3.05, 3.63) is 59.2 Å². The van der Waals surface area contributed by atoms with Crippen molar-refractivity contribution in [1.29, 1.82) is 0 Å². The molecule has 0 bridgehead atoms. The summed E-state index contributed by atoms with van der Waals surface area (Å²) in [4.78, 5) is 127. The van der Waals surface area contributed by atoms with E-state index < -0.39 is 108 Å². The zero-order valence-corrected chi connectivity index (χ0v) is 44.4. The van der Waals surface area contributed by atoms with E-state index in [0.717, 1.165) is 10.5 Å². The monoisotopic (exact) mass is 996 g/mol. The standard InChI is InChI=1S/C52H81N7O12/c1-15-33(5)44-47(63)54-38(10)51(67)71-45(34(6)16-2)36(8)40(24-27-69-52(68)57(12)26-25-56(11)31-60)23-22-35(7)50(66)70-42(28-32(3)4)46(62)53-37(9)48(64)59(14)41(29-39-20-18-17-19-21-39)49(65)58(13)30-43(61)55-44/h16-22,31-33,36-38,40-42,44-45H,15,23-30H2,1-14H3,(H,53,62)(H,54,63)(H,55,61)/b34-16+,35-22+/t33-,36+,37+,38-,40-,41-,42-,44+,45-/m1/s1. The van der Waals surface area contributed by atoms with Gasteiger partial charge in [-0.05, 0) is 82.8 Å². The molecule has 3 N–H and O–H groups in total. The average Bonchev–Trinajstić information content (AvgIpc) is 3.34. The Hall–Kier alpha value is -6.27. The van der Waals surface area contributed by atoms with E-state index in [-0.39, 0.29) is 50.3 Å². The van der Waals surface area contributed by atoms with Gasteiger partial charge in [0.1, 0.15) is 30.3 Å². The van der Waals surface area contributed by atoms with E-state index in [1.165, 1.54) is 42.6 Å². The first-order valence-corrected chi connectivity index (χ1v) is 24.6. The summed E-state index contributed by atoms with van der Waals surface area (Å²) in [6.07, 6.45) is 2.48. The van der Waals surface area contributed by atoms with E-state index in [1.54, 1.807) is 78.2 Å². The lowest BCUT2D eigenvalue weighted by molar-refractivity contribution is -0.154. The van der Waals surface area contributed by atoms with E-state index >= 15 is 0 Å². The van der Waals surface area contributed by atoms with Crippen LogP contribution < -0.4 is 16.0 Å². The number of allylic oxidation sites excluding steroid dienone is 2. The normalized spacial score (nSPS) is 25.7. The number of nitrogens with zero attached hydrogens (tertiary/aromatic N) is 4. The fourth-order valence-electron chi connectivity index (χ4n) is 7.86. The van der Waals surface area contributed by atoms with Crippen LogP contribution >= 0.6 is 0 Å². The van der Waals surface area contributed by atoms with Crippen LogP contribution in [0.25, 0.3) is 0 Å². The summed E-state index contributed by atoms with van der Waals surface area (Å²) in [6, 6.07) is 4.40. The zero-order chi connectivity index (χ0) is 53.7. The van der Waals surface area contributed by atoms with Gasteiger partial charge in [0, 0.05) is 59.2 Å². The summed E-state index contributed by atoms with van der Waals surface area (Å²) in [5.41, 5.74) is 1.59. The lowest BCUT2D eigenvalue weighted by Gasteiger charge is -2.33. The molecule has 0 saturated carbocycles. The smallest absolute Gasteiger partial charge is 0.409 e. The lowest BCUT2D eigenvalue weighted by atomic mass is 9.81. The molecular weight excluding hydrogens is 915 g/mol. The number of esters is 2. The van der Waals surface area contributed by atoms with Crippen LogP contribution in [0.4, 0.5) is 4.79 Å². The molecule has 0 fully saturated rings. The van der Waals surface area contributed by atoms with Gasteiger partial charge in [-0.25, -0.2) is 14.4 Å². The van der Waals surface area contributed by atoms with Crippen molar-refractivity contribution in [2.24, 2.45) is 23.7 Å². The predicted molar refractivity (Wildman–Crippen MR) is 268 cm³/mol. The van der Waals surface area contributed by atoms with Crippen LogP contribution in [0.1, 0.15) is 100 Å². The number of benzene rings is 1. The van der Waals surface area contributed by atoms with Crippen molar-refractivity contribution in [1.82, 2.24) is 35.6 Å². The first kappa shape index (κ1) is 60.9. The highest BCUT2D eigenvalue weighted by molar-refractivity contribution is 5.96. The Balaban J connectivity index is 2.69. The molecule has 396 valence electrons. The van der Waals surface area contributed by atoms with Gasteiger partial charge < -0.3 is 49.8 Å². The van der Waals surface area contributed by atoms with Gasteiger partial charge in [0.2, 0.25) is 30.0 Å². The third kappa shape index (κ3) is 19.5. The molecule has 0 saturated heterocycles. The Morgan fingerprint density at radius 3 is 2.13 bits per heavy atom. The van der Waals surface area contributed by atoms with E-state index in [4.69, 9.17) is 14.2 Å². The Bertz CT molecular complexity index is 2040. The van der Waals surface area contributed by atoms with Crippen LogP contribution in [0.15, 0.2) is 53.6 Å². The van der Waals surface area contributed by atoms with Crippen LogP contribution in [-0.4, -0.2) is 164 Å². The third-order valence-electron chi connectivity index (χ3n) is 13.0. The molecular formula is C52H81N7O12. The van der Waals surface area contributed by atoms with Crippen LogP contribution in [0.3, 0.4) is 0 Å². The molecule has 0 unspecified atom stereocenters. The zero-order valence-electron chi connectivity index (χ0n) is 44.4. The second-order valence-corrected chi connectivity index (χ2v) is 19.3. The molecule has 9 atom stereocenters. The van der Waals surface area contributed by atoms with E-state index in [9.17, 15) is 43.2 Å². The maximum Gasteiger partial charge on any atom is 0.409 e. The molecule has 1 aromatic rings. The fraction of sp³-hybridized carbons (Fsp3) is 0.635. The molecule has 1 heterocycles. The minimum Gasteiger partial charge on any atom is -0.456 e. The molecule has 0 aromatic heterocycles. The van der Waals surface area contributed by atoms with Crippen molar-refractivity contribution in [3.8, 4) is 0 Å². The number of rotatable bonds is 14. The Morgan fingerprint density at radius 1 is 0.901 bits per heavy atom.